The van der Waals surface area contributed by atoms with Crippen LogP contribution in [0.25, 0.3) is 0 Å². The van der Waals surface area contributed by atoms with Crippen LogP contribution in [-0.4, -0.2) is 31.9 Å². The topological polar surface area (TPSA) is 66.4 Å². The van der Waals surface area contributed by atoms with Crippen LogP contribution in [0.1, 0.15) is 52.9 Å². The number of aliphatic hydroxyl groups excluding tert-OH is 1. The van der Waals surface area contributed by atoms with Gasteiger partial charge in [0, 0.05) is 12.6 Å². The summed E-state index contributed by atoms with van der Waals surface area (Å²) in [5.41, 5.74) is 0.176. The Labute approximate surface area is 117 Å². The van der Waals surface area contributed by atoms with E-state index in [1.807, 2.05) is 0 Å². The molecule has 0 amide bonds. The molecule has 2 N–H and O–H groups in total. The lowest BCUT2D eigenvalue weighted by molar-refractivity contribution is 0.127. The number of nitrogens with one attached hydrogen (secondary N) is 1. The Kier molecular flexibility index (Phi) is 4.02. The highest BCUT2D eigenvalue weighted by Crippen LogP contribution is 2.62. The molecule has 5 heteroatoms. The summed E-state index contributed by atoms with van der Waals surface area (Å²) >= 11 is 0. The van der Waals surface area contributed by atoms with Crippen molar-refractivity contribution in [2.45, 2.75) is 58.9 Å². The largest absolute Gasteiger partial charge is 0.396 e. The summed E-state index contributed by atoms with van der Waals surface area (Å²) < 4.78 is 27.3. The zero-order valence-corrected chi connectivity index (χ0v) is 13.1. The molecule has 0 aromatic heterocycles. The molecule has 0 spiro atoms. The van der Waals surface area contributed by atoms with Gasteiger partial charge in [0.2, 0.25) is 10.0 Å². The summed E-state index contributed by atoms with van der Waals surface area (Å²) in [5, 5.41) is 8.74. The molecule has 2 rings (SSSR count). The zero-order chi connectivity index (χ0) is 14.3. The molecule has 2 aliphatic carbocycles. The van der Waals surface area contributed by atoms with E-state index in [1.54, 1.807) is 0 Å². The number of fused-ring (bicyclic) bond motifs is 2. The van der Waals surface area contributed by atoms with E-state index >= 15 is 0 Å². The Balaban J connectivity index is 2.06. The maximum absolute atomic E-state index is 12.2. The quantitative estimate of drug-likeness (QED) is 0.734. The molecule has 3 unspecified atom stereocenters. The number of hydrogen-bond acceptors (Lipinski definition) is 3. The summed E-state index contributed by atoms with van der Waals surface area (Å²) in [6.45, 7) is 6.68. The molecule has 2 bridgehead atoms. The molecule has 112 valence electrons. The van der Waals surface area contributed by atoms with Crippen LogP contribution in [0.5, 0.6) is 0 Å². The lowest BCUT2D eigenvalue weighted by Gasteiger charge is -2.42. The smallest absolute Gasteiger partial charge is 0.211 e. The van der Waals surface area contributed by atoms with Gasteiger partial charge in [0.05, 0.1) is 5.75 Å². The van der Waals surface area contributed by atoms with E-state index in [2.05, 4.69) is 25.5 Å². The van der Waals surface area contributed by atoms with E-state index < -0.39 is 10.0 Å². The highest BCUT2D eigenvalue weighted by molar-refractivity contribution is 7.89. The van der Waals surface area contributed by atoms with Crippen molar-refractivity contribution >= 4 is 10.0 Å². The highest BCUT2D eigenvalue weighted by Gasteiger charge is 2.60. The molecule has 0 saturated heterocycles. The first-order valence-electron chi connectivity index (χ1n) is 7.32. The number of rotatable bonds is 6. The number of hydrogen-bond donors (Lipinski definition) is 2. The Morgan fingerprint density at radius 2 is 1.95 bits per heavy atom. The van der Waals surface area contributed by atoms with Crippen molar-refractivity contribution < 1.29 is 13.5 Å². The lowest BCUT2D eigenvalue weighted by Crippen LogP contribution is -2.52. The van der Waals surface area contributed by atoms with Crippen molar-refractivity contribution in [3.05, 3.63) is 0 Å². The molecule has 2 saturated carbocycles. The number of unbranched alkanes of at least 4 members (excludes halogenated alkanes) is 1. The molecule has 0 aliphatic heterocycles. The maximum Gasteiger partial charge on any atom is 0.211 e. The monoisotopic (exact) mass is 289 g/mol. The van der Waals surface area contributed by atoms with Crippen molar-refractivity contribution in [2.24, 2.45) is 16.7 Å². The van der Waals surface area contributed by atoms with Gasteiger partial charge in [-0.15, -0.1) is 0 Å². The van der Waals surface area contributed by atoms with Crippen LogP contribution in [0.2, 0.25) is 0 Å². The standard InChI is InChI=1S/C14H27NO3S/c1-13(2)11-6-7-14(3,10-11)12(13)15-19(17,18)9-5-4-8-16/h11-12,15-16H,4-10H2,1-3H3. The third-order valence-electron chi connectivity index (χ3n) is 5.39. The average molecular weight is 289 g/mol. The molecule has 19 heavy (non-hydrogen) atoms. The summed E-state index contributed by atoms with van der Waals surface area (Å²) in [6.07, 6.45) is 4.58. The average Bonchev–Trinajstić information content (AvgIpc) is 2.76. The molecule has 3 atom stereocenters. The van der Waals surface area contributed by atoms with Gasteiger partial charge in [0.15, 0.2) is 0 Å². The first-order valence-corrected chi connectivity index (χ1v) is 8.97. The third kappa shape index (κ3) is 2.83. The van der Waals surface area contributed by atoms with Gasteiger partial charge < -0.3 is 5.11 Å². The van der Waals surface area contributed by atoms with Gasteiger partial charge in [-0.1, -0.05) is 20.8 Å². The van der Waals surface area contributed by atoms with E-state index in [-0.39, 0.29) is 29.2 Å². The van der Waals surface area contributed by atoms with Crippen LogP contribution in [0.4, 0.5) is 0 Å². The Hall–Kier alpha value is -0.130. The molecular formula is C14H27NO3S. The van der Waals surface area contributed by atoms with E-state index in [4.69, 9.17) is 5.11 Å². The second kappa shape index (κ2) is 5.01. The Morgan fingerprint density at radius 1 is 1.26 bits per heavy atom. The van der Waals surface area contributed by atoms with Gasteiger partial charge in [-0.05, 0) is 48.9 Å². The van der Waals surface area contributed by atoms with Gasteiger partial charge in [-0.3, -0.25) is 0 Å². The molecule has 0 aromatic rings. The van der Waals surface area contributed by atoms with Gasteiger partial charge in [0.1, 0.15) is 0 Å². The molecule has 2 aliphatic rings. The SMILES string of the molecule is CC12CCC(C1)C(C)(C)C2NS(=O)(=O)CCCCO. The molecule has 2 fully saturated rings. The second-order valence-corrected chi connectivity index (χ2v) is 9.09. The normalized spacial score (nSPS) is 36.8. The van der Waals surface area contributed by atoms with Crippen molar-refractivity contribution in [2.75, 3.05) is 12.4 Å². The van der Waals surface area contributed by atoms with Crippen molar-refractivity contribution in [3.8, 4) is 0 Å². The van der Waals surface area contributed by atoms with Crippen LogP contribution < -0.4 is 4.72 Å². The Bertz CT molecular complexity index is 427. The second-order valence-electron chi connectivity index (χ2n) is 7.22. The van der Waals surface area contributed by atoms with Crippen LogP contribution in [-0.2, 0) is 10.0 Å². The molecular weight excluding hydrogens is 262 g/mol. The summed E-state index contributed by atoms with van der Waals surface area (Å²) in [6, 6.07) is 0.0536. The number of aliphatic hydroxyl groups is 1. The third-order valence-corrected chi connectivity index (χ3v) is 6.81. The lowest BCUT2D eigenvalue weighted by atomic mass is 9.69. The van der Waals surface area contributed by atoms with Crippen LogP contribution in [0.3, 0.4) is 0 Å². The highest BCUT2D eigenvalue weighted by atomic mass is 32.2. The zero-order valence-electron chi connectivity index (χ0n) is 12.3. The number of sulfonamides is 1. The minimum Gasteiger partial charge on any atom is -0.396 e. The minimum atomic E-state index is -3.23. The van der Waals surface area contributed by atoms with Gasteiger partial charge >= 0.3 is 0 Å². The van der Waals surface area contributed by atoms with Crippen molar-refractivity contribution in [1.82, 2.24) is 4.72 Å². The predicted molar refractivity (Wildman–Crippen MR) is 76.3 cm³/mol. The van der Waals surface area contributed by atoms with Crippen LogP contribution >= 0.6 is 0 Å². The van der Waals surface area contributed by atoms with Gasteiger partial charge in [-0.2, -0.15) is 0 Å². The van der Waals surface area contributed by atoms with Gasteiger partial charge in [0.25, 0.3) is 0 Å². The fourth-order valence-corrected chi connectivity index (χ4v) is 5.89. The van der Waals surface area contributed by atoms with E-state index in [1.165, 1.54) is 6.42 Å². The van der Waals surface area contributed by atoms with Crippen molar-refractivity contribution in [3.63, 3.8) is 0 Å². The molecule has 0 aromatic carbocycles. The summed E-state index contributed by atoms with van der Waals surface area (Å²) in [5.74, 6) is 0.767. The predicted octanol–water partition coefficient (Wildman–Crippen LogP) is 1.89. The molecule has 0 radical (unpaired) electrons. The molecule has 0 heterocycles. The fourth-order valence-electron chi connectivity index (χ4n) is 4.24. The minimum absolute atomic E-state index is 0.0526. The first-order chi connectivity index (χ1) is 8.71. The van der Waals surface area contributed by atoms with E-state index in [0.29, 0.717) is 18.8 Å². The Morgan fingerprint density at radius 3 is 2.47 bits per heavy atom. The van der Waals surface area contributed by atoms with Crippen molar-refractivity contribution in [1.29, 1.82) is 0 Å². The van der Waals surface area contributed by atoms with Gasteiger partial charge in [-0.25, -0.2) is 13.1 Å². The van der Waals surface area contributed by atoms with Crippen LogP contribution in [0.15, 0.2) is 0 Å². The van der Waals surface area contributed by atoms with E-state index in [9.17, 15) is 8.42 Å². The summed E-state index contributed by atoms with van der Waals surface area (Å²) in [4.78, 5) is 0. The van der Waals surface area contributed by atoms with E-state index in [0.717, 1.165) is 12.8 Å². The first kappa shape index (κ1) is 15.3. The fraction of sp³-hybridized carbons (Fsp3) is 1.00. The molecule has 4 nitrogen and oxygen atoms in total. The maximum atomic E-state index is 12.2. The summed E-state index contributed by atoms with van der Waals surface area (Å²) in [7, 11) is -3.23. The van der Waals surface area contributed by atoms with Crippen LogP contribution in [0, 0.1) is 16.7 Å².